The van der Waals surface area contributed by atoms with E-state index in [2.05, 4.69) is 39.1 Å². The second-order valence-corrected chi connectivity index (χ2v) is 8.48. The van der Waals surface area contributed by atoms with Crippen molar-refractivity contribution in [2.45, 2.75) is 53.0 Å². The fraction of sp³-hybridized carbons (Fsp3) is 0.545. The number of amides is 1. The highest BCUT2D eigenvalue weighted by molar-refractivity contribution is 5.92. The smallest absolute Gasteiger partial charge is 0.332 e. The number of ether oxygens (including phenoxy) is 1. The van der Waals surface area contributed by atoms with Crippen LogP contribution < -0.4 is 5.32 Å². The van der Waals surface area contributed by atoms with Crippen molar-refractivity contribution in [1.29, 1.82) is 0 Å². The molecule has 2 atom stereocenters. The third-order valence-corrected chi connectivity index (χ3v) is 5.84. The van der Waals surface area contributed by atoms with Crippen LogP contribution in [0, 0.1) is 17.3 Å². The van der Waals surface area contributed by atoms with Crippen LogP contribution in [0.1, 0.15) is 45.7 Å². The molecular weight excluding hydrogens is 326 g/mol. The first kappa shape index (κ1) is 18.7. The average Bonchev–Trinajstić information content (AvgIpc) is 2.91. The molecule has 2 aliphatic rings. The van der Waals surface area contributed by atoms with Crippen molar-refractivity contribution >= 4 is 11.9 Å². The number of hydrogen-bond acceptors (Lipinski definition) is 3. The molecule has 0 heterocycles. The zero-order valence-corrected chi connectivity index (χ0v) is 16.4. The highest BCUT2D eigenvalue weighted by Gasteiger charge is 2.61. The Kier molecular flexibility index (Phi) is 4.72. The van der Waals surface area contributed by atoms with Gasteiger partial charge in [-0.25, -0.2) is 4.79 Å². The Morgan fingerprint density at radius 3 is 2.27 bits per heavy atom. The molecule has 3 rings (SSSR count). The molecule has 0 aromatic heterocycles. The van der Waals surface area contributed by atoms with E-state index in [0.717, 1.165) is 11.1 Å². The number of esters is 1. The van der Waals surface area contributed by atoms with E-state index in [-0.39, 0.29) is 29.1 Å². The van der Waals surface area contributed by atoms with Gasteiger partial charge in [-0.1, -0.05) is 49.8 Å². The van der Waals surface area contributed by atoms with Gasteiger partial charge in [0.1, 0.15) is 5.54 Å². The Balaban J connectivity index is 1.83. The number of nitrogens with one attached hydrogen (secondary N) is 1. The minimum atomic E-state index is -0.981. The fourth-order valence-corrected chi connectivity index (χ4v) is 4.33. The summed E-state index contributed by atoms with van der Waals surface area (Å²) in [6.07, 6.45) is 3.16. The molecule has 4 nitrogen and oxygen atoms in total. The highest BCUT2D eigenvalue weighted by Crippen LogP contribution is 2.59. The van der Waals surface area contributed by atoms with Gasteiger partial charge in [-0.3, -0.25) is 4.79 Å². The number of carbonyl (C=O) groups excluding carboxylic acids is 2. The van der Waals surface area contributed by atoms with Gasteiger partial charge in [-0.05, 0) is 43.2 Å². The van der Waals surface area contributed by atoms with Crippen molar-refractivity contribution in [3.63, 3.8) is 0 Å². The minimum absolute atomic E-state index is 0.0432. The monoisotopic (exact) mass is 355 g/mol. The molecule has 1 N–H and O–H groups in total. The predicted octanol–water partition coefficient (Wildman–Crippen LogP) is 3.44. The van der Waals surface area contributed by atoms with Crippen LogP contribution in [0.4, 0.5) is 0 Å². The van der Waals surface area contributed by atoms with Crippen LogP contribution in [0.2, 0.25) is 0 Å². The number of rotatable bonds is 5. The third kappa shape index (κ3) is 3.17. The summed E-state index contributed by atoms with van der Waals surface area (Å²) in [4.78, 5) is 25.9. The van der Waals surface area contributed by atoms with Gasteiger partial charge in [0, 0.05) is 12.8 Å². The normalized spacial score (nSPS) is 24.3. The molecule has 2 unspecified atom stereocenters. The molecule has 1 aromatic carbocycles. The van der Waals surface area contributed by atoms with Crippen molar-refractivity contribution in [2.75, 3.05) is 6.61 Å². The molecular formula is C22H29NO3. The van der Waals surface area contributed by atoms with Gasteiger partial charge in [-0.2, -0.15) is 0 Å². The molecule has 1 fully saturated rings. The maximum Gasteiger partial charge on any atom is 0.332 e. The van der Waals surface area contributed by atoms with Crippen LogP contribution >= 0.6 is 0 Å². The van der Waals surface area contributed by atoms with Crippen molar-refractivity contribution in [3.8, 4) is 0 Å². The van der Waals surface area contributed by atoms with Crippen LogP contribution in [0.5, 0.6) is 0 Å². The van der Waals surface area contributed by atoms with E-state index in [1.807, 2.05) is 24.3 Å². The maximum absolute atomic E-state index is 13.1. The molecule has 1 amide bonds. The molecule has 0 spiro atoms. The van der Waals surface area contributed by atoms with Crippen molar-refractivity contribution in [3.05, 3.63) is 47.0 Å². The fourth-order valence-electron chi connectivity index (χ4n) is 4.33. The summed E-state index contributed by atoms with van der Waals surface area (Å²) in [6.45, 7) is 10.4. The summed E-state index contributed by atoms with van der Waals surface area (Å²) in [5.41, 5.74) is 2.37. The van der Waals surface area contributed by atoms with Crippen molar-refractivity contribution in [1.82, 2.24) is 5.32 Å². The number of allylic oxidation sites excluding steroid dienone is 2. The largest absolute Gasteiger partial charge is 0.464 e. The van der Waals surface area contributed by atoms with E-state index in [1.165, 1.54) is 5.57 Å². The Labute approximate surface area is 156 Å². The Morgan fingerprint density at radius 2 is 1.77 bits per heavy atom. The average molecular weight is 355 g/mol. The molecule has 26 heavy (non-hydrogen) atoms. The Morgan fingerprint density at radius 1 is 1.19 bits per heavy atom. The van der Waals surface area contributed by atoms with Gasteiger partial charge in [0.25, 0.3) is 0 Å². The molecule has 140 valence electrons. The first-order chi connectivity index (χ1) is 12.2. The number of benzene rings is 1. The van der Waals surface area contributed by atoms with Gasteiger partial charge in [0.15, 0.2) is 0 Å². The third-order valence-electron chi connectivity index (χ3n) is 5.84. The second-order valence-electron chi connectivity index (χ2n) is 8.48. The highest BCUT2D eigenvalue weighted by atomic mass is 16.5. The first-order valence-corrected chi connectivity index (χ1v) is 9.42. The van der Waals surface area contributed by atoms with Crippen LogP contribution in [0.3, 0.4) is 0 Å². The molecule has 0 bridgehead atoms. The number of hydrogen-bond donors (Lipinski definition) is 1. The predicted molar refractivity (Wildman–Crippen MR) is 102 cm³/mol. The molecule has 0 radical (unpaired) electrons. The Hall–Kier alpha value is -2.10. The van der Waals surface area contributed by atoms with E-state index >= 15 is 0 Å². The standard InChI is InChI=1S/C22H29NO3/c1-6-26-20(25)22(12-15-9-7-8-10-16(15)13-22)23-19(24)18-17(11-14(2)3)21(18,4)5/h7-11,17-18H,6,12-13H2,1-5H3,(H,23,24). The van der Waals surface area contributed by atoms with Crippen LogP contribution in [-0.2, 0) is 27.2 Å². The van der Waals surface area contributed by atoms with E-state index in [1.54, 1.807) is 6.92 Å². The zero-order chi connectivity index (χ0) is 19.1. The van der Waals surface area contributed by atoms with Crippen LogP contribution in [0.15, 0.2) is 35.9 Å². The SMILES string of the molecule is CCOC(=O)C1(NC(=O)C2C(C=C(C)C)C2(C)C)Cc2ccccc2C1. The van der Waals surface area contributed by atoms with Crippen LogP contribution in [0.25, 0.3) is 0 Å². The lowest BCUT2D eigenvalue weighted by Crippen LogP contribution is -2.57. The molecule has 1 aromatic rings. The minimum Gasteiger partial charge on any atom is -0.464 e. The summed E-state index contributed by atoms with van der Waals surface area (Å²) in [5, 5.41) is 3.10. The number of fused-ring (bicyclic) bond motifs is 1. The molecule has 1 saturated carbocycles. The lowest BCUT2D eigenvalue weighted by Gasteiger charge is -2.28. The van der Waals surface area contributed by atoms with Crippen molar-refractivity contribution < 1.29 is 14.3 Å². The van der Waals surface area contributed by atoms with E-state index in [4.69, 9.17) is 4.74 Å². The quantitative estimate of drug-likeness (QED) is 0.650. The van der Waals surface area contributed by atoms with E-state index < -0.39 is 5.54 Å². The molecule has 0 aliphatic heterocycles. The van der Waals surface area contributed by atoms with E-state index in [0.29, 0.717) is 19.4 Å². The van der Waals surface area contributed by atoms with Gasteiger partial charge in [0.2, 0.25) is 5.91 Å². The Bertz CT molecular complexity index is 733. The first-order valence-electron chi connectivity index (χ1n) is 9.42. The lowest BCUT2D eigenvalue weighted by molar-refractivity contribution is -0.153. The van der Waals surface area contributed by atoms with Gasteiger partial charge in [-0.15, -0.1) is 0 Å². The lowest BCUT2D eigenvalue weighted by atomic mass is 9.94. The van der Waals surface area contributed by atoms with Crippen LogP contribution in [-0.4, -0.2) is 24.0 Å². The zero-order valence-electron chi connectivity index (χ0n) is 16.4. The summed E-state index contributed by atoms with van der Waals surface area (Å²) >= 11 is 0. The number of carbonyl (C=O) groups is 2. The summed E-state index contributed by atoms with van der Waals surface area (Å²) in [6, 6.07) is 7.98. The molecule has 4 heteroatoms. The summed E-state index contributed by atoms with van der Waals surface area (Å²) in [7, 11) is 0. The summed E-state index contributed by atoms with van der Waals surface area (Å²) in [5.74, 6) is -0.261. The second kappa shape index (κ2) is 6.57. The van der Waals surface area contributed by atoms with Crippen molar-refractivity contribution in [2.24, 2.45) is 17.3 Å². The molecule has 0 saturated heterocycles. The summed E-state index contributed by atoms with van der Waals surface area (Å²) < 4.78 is 5.34. The van der Waals surface area contributed by atoms with Gasteiger partial charge < -0.3 is 10.1 Å². The van der Waals surface area contributed by atoms with E-state index in [9.17, 15) is 9.59 Å². The topological polar surface area (TPSA) is 55.4 Å². The van der Waals surface area contributed by atoms with Gasteiger partial charge in [0.05, 0.1) is 12.5 Å². The maximum atomic E-state index is 13.1. The van der Waals surface area contributed by atoms with Gasteiger partial charge >= 0.3 is 5.97 Å². The molecule has 2 aliphatic carbocycles.